The molecule has 49 heavy (non-hydrogen) atoms. The van der Waals surface area contributed by atoms with Crippen molar-refractivity contribution in [2.45, 2.75) is 43.7 Å². The minimum absolute atomic E-state index is 0.0914. The molecule has 3 amide bonds. The van der Waals surface area contributed by atoms with Crippen LogP contribution in [0, 0.1) is 0 Å². The van der Waals surface area contributed by atoms with E-state index in [1.807, 2.05) is 65.6 Å². The fraction of sp³-hybridized carbons (Fsp3) is 0.405. The number of benzene rings is 3. The number of methoxy groups -OCH3 is 1. The highest BCUT2D eigenvalue weighted by molar-refractivity contribution is 5.97. The van der Waals surface area contributed by atoms with Crippen molar-refractivity contribution in [3.8, 4) is 5.75 Å². The molecule has 0 aliphatic carbocycles. The van der Waals surface area contributed by atoms with Crippen molar-refractivity contribution < 1.29 is 38.1 Å². The zero-order valence-corrected chi connectivity index (χ0v) is 27.7. The Kier molecular flexibility index (Phi) is 13.3. The summed E-state index contributed by atoms with van der Waals surface area (Å²) < 4.78 is 21.8. The van der Waals surface area contributed by atoms with Gasteiger partial charge in [-0.2, -0.15) is 0 Å². The van der Waals surface area contributed by atoms with Gasteiger partial charge in [0.05, 0.1) is 52.7 Å². The lowest BCUT2D eigenvalue weighted by atomic mass is 9.99. The van der Waals surface area contributed by atoms with E-state index in [1.165, 1.54) is 0 Å². The van der Waals surface area contributed by atoms with Crippen LogP contribution in [0.4, 0.5) is 0 Å². The van der Waals surface area contributed by atoms with Crippen molar-refractivity contribution in [2.75, 3.05) is 53.2 Å². The van der Waals surface area contributed by atoms with Gasteiger partial charge < -0.3 is 34.9 Å². The Bertz CT molecular complexity index is 1510. The van der Waals surface area contributed by atoms with E-state index in [0.29, 0.717) is 38.7 Å². The molecular weight excluding hydrogens is 628 g/mol. The second-order valence-corrected chi connectivity index (χ2v) is 12.1. The number of Topliss-reactive ketones (excluding diaryl/α,β-unsaturated/α-hetero) is 1. The van der Waals surface area contributed by atoms with Gasteiger partial charge in [0.2, 0.25) is 17.7 Å². The molecule has 2 fully saturated rings. The van der Waals surface area contributed by atoms with Crippen molar-refractivity contribution in [1.82, 2.24) is 20.9 Å². The van der Waals surface area contributed by atoms with Crippen LogP contribution in [0.5, 0.6) is 5.75 Å². The molecule has 2 heterocycles. The molecule has 3 N–H and O–H groups in total. The quantitative estimate of drug-likeness (QED) is 0.171. The maximum Gasteiger partial charge on any atom is 0.245 e. The van der Waals surface area contributed by atoms with Crippen LogP contribution in [0.15, 0.2) is 84.9 Å². The van der Waals surface area contributed by atoms with Gasteiger partial charge in [0.25, 0.3) is 0 Å². The Morgan fingerprint density at radius 3 is 1.96 bits per heavy atom. The van der Waals surface area contributed by atoms with Crippen LogP contribution in [0.3, 0.4) is 0 Å². The number of morpholine rings is 1. The maximum atomic E-state index is 14.0. The van der Waals surface area contributed by atoms with E-state index >= 15 is 0 Å². The summed E-state index contributed by atoms with van der Waals surface area (Å²) in [5.74, 6) is -1.06. The summed E-state index contributed by atoms with van der Waals surface area (Å²) >= 11 is 0. The van der Waals surface area contributed by atoms with Crippen LogP contribution < -0.4 is 20.7 Å². The highest BCUT2D eigenvalue weighted by atomic mass is 16.6. The van der Waals surface area contributed by atoms with E-state index in [0.717, 1.165) is 16.7 Å². The maximum absolute atomic E-state index is 14.0. The van der Waals surface area contributed by atoms with E-state index in [1.54, 1.807) is 31.4 Å². The summed E-state index contributed by atoms with van der Waals surface area (Å²) in [7, 11) is 1.56. The van der Waals surface area contributed by atoms with Gasteiger partial charge in [-0.25, -0.2) is 0 Å². The molecule has 260 valence electrons. The third-order valence-electron chi connectivity index (χ3n) is 8.34. The van der Waals surface area contributed by atoms with E-state index in [9.17, 15) is 19.2 Å². The van der Waals surface area contributed by atoms with E-state index in [4.69, 9.17) is 18.9 Å². The predicted octanol–water partition coefficient (Wildman–Crippen LogP) is 1.45. The number of carbonyl (C=O) groups is 4. The lowest BCUT2D eigenvalue weighted by Crippen LogP contribution is -2.58. The molecule has 3 aromatic carbocycles. The standard InChI is InChI=1S/C37H44N4O8/c1-46-29-14-12-27(13-15-29)21-31(36(44)39-30(35(43)33-25-49-33)20-26-8-4-2-5-9-26)40-37(45)32(24-48-23-28-10-6-3-7-11-28)38-34(42)22-41-16-18-47-19-17-41/h2-15,30-33H,16-25H2,1H3,(H,38,42)(H,39,44)(H,40,45)/t30-,31-,32-,33+/m0/s1. The van der Waals surface area contributed by atoms with Crippen molar-refractivity contribution in [3.05, 3.63) is 102 Å². The first kappa shape index (κ1) is 35.7. The topological polar surface area (TPSA) is 148 Å². The van der Waals surface area contributed by atoms with Gasteiger partial charge in [-0.05, 0) is 35.2 Å². The average Bonchev–Trinajstić information content (AvgIpc) is 3.98. The molecule has 0 bridgehead atoms. The van der Waals surface area contributed by atoms with Crippen molar-refractivity contribution >= 4 is 23.5 Å². The zero-order chi connectivity index (χ0) is 34.4. The third kappa shape index (κ3) is 11.5. The summed E-state index contributed by atoms with van der Waals surface area (Å²) in [5, 5.41) is 8.55. The lowest BCUT2D eigenvalue weighted by molar-refractivity contribution is -0.135. The molecule has 0 saturated carbocycles. The number of ketones is 1. The van der Waals surface area contributed by atoms with Crippen LogP contribution >= 0.6 is 0 Å². The first-order chi connectivity index (χ1) is 23.9. The molecule has 2 aliphatic rings. The number of hydrogen-bond acceptors (Lipinski definition) is 9. The van der Waals surface area contributed by atoms with E-state index in [-0.39, 0.29) is 44.3 Å². The third-order valence-corrected chi connectivity index (χ3v) is 8.34. The minimum atomic E-state index is -1.09. The van der Waals surface area contributed by atoms with Gasteiger partial charge >= 0.3 is 0 Å². The fourth-order valence-corrected chi connectivity index (χ4v) is 5.51. The molecule has 12 heteroatoms. The molecule has 0 unspecified atom stereocenters. The predicted molar refractivity (Wildman–Crippen MR) is 181 cm³/mol. The number of rotatable bonds is 18. The van der Waals surface area contributed by atoms with Gasteiger partial charge in [-0.3, -0.25) is 24.1 Å². The summed E-state index contributed by atoms with van der Waals surface area (Å²) in [5.41, 5.74) is 2.54. The Balaban J connectivity index is 1.32. The van der Waals surface area contributed by atoms with Gasteiger partial charge in [0.1, 0.15) is 23.9 Å². The van der Waals surface area contributed by atoms with Crippen LogP contribution in [0.25, 0.3) is 0 Å². The molecule has 0 radical (unpaired) electrons. The number of carbonyl (C=O) groups excluding carboxylic acids is 4. The molecular formula is C37H44N4O8. The Hall–Kier alpha value is -4.62. The molecule has 0 aromatic heterocycles. The Morgan fingerprint density at radius 2 is 1.33 bits per heavy atom. The van der Waals surface area contributed by atoms with E-state index < -0.39 is 36.0 Å². The first-order valence-corrected chi connectivity index (χ1v) is 16.5. The van der Waals surface area contributed by atoms with Gasteiger partial charge in [0, 0.05) is 19.5 Å². The fourth-order valence-electron chi connectivity index (χ4n) is 5.51. The number of nitrogens with one attached hydrogen (secondary N) is 3. The number of nitrogens with zero attached hydrogens (tertiary/aromatic N) is 1. The minimum Gasteiger partial charge on any atom is -0.497 e. The van der Waals surface area contributed by atoms with Crippen LogP contribution in [0.2, 0.25) is 0 Å². The van der Waals surface area contributed by atoms with Gasteiger partial charge in [-0.15, -0.1) is 0 Å². The molecule has 2 aliphatic heterocycles. The van der Waals surface area contributed by atoms with Crippen LogP contribution in [0.1, 0.15) is 16.7 Å². The average molecular weight is 673 g/mol. The SMILES string of the molecule is COc1ccc(C[C@H](NC(=O)[C@H](COCc2ccccc2)NC(=O)CN2CCOCC2)C(=O)N[C@@H](Cc2ccccc2)C(=O)[C@H]2CO2)cc1. The monoisotopic (exact) mass is 672 g/mol. The van der Waals surface area contributed by atoms with Crippen LogP contribution in [-0.2, 0) is 52.8 Å². The normalized spacial score (nSPS) is 17.6. The Labute approximate surface area is 286 Å². The molecule has 5 rings (SSSR count). The van der Waals surface area contributed by atoms with Crippen molar-refractivity contribution in [2.24, 2.45) is 0 Å². The zero-order valence-electron chi connectivity index (χ0n) is 27.7. The van der Waals surface area contributed by atoms with Crippen molar-refractivity contribution in [1.29, 1.82) is 0 Å². The smallest absolute Gasteiger partial charge is 0.245 e. The summed E-state index contributed by atoms with van der Waals surface area (Å²) in [6.45, 7) is 2.77. The molecule has 2 saturated heterocycles. The molecule has 3 aromatic rings. The van der Waals surface area contributed by atoms with Gasteiger partial charge in [0.15, 0.2) is 5.78 Å². The van der Waals surface area contributed by atoms with E-state index in [2.05, 4.69) is 16.0 Å². The number of ether oxygens (including phenoxy) is 4. The summed E-state index contributed by atoms with van der Waals surface area (Å²) in [4.78, 5) is 56.2. The second kappa shape index (κ2) is 18.2. The van der Waals surface area contributed by atoms with Gasteiger partial charge in [-0.1, -0.05) is 72.8 Å². The summed E-state index contributed by atoms with van der Waals surface area (Å²) in [6, 6.07) is 23.0. The Morgan fingerprint density at radius 1 is 0.755 bits per heavy atom. The highest BCUT2D eigenvalue weighted by Gasteiger charge is 2.38. The molecule has 0 spiro atoms. The molecule has 12 nitrogen and oxygen atoms in total. The largest absolute Gasteiger partial charge is 0.497 e. The number of epoxide rings is 1. The first-order valence-electron chi connectivity index (χ1n) is 16.5. The summed E-state index contributed by atoms with van der Waals surface area (Å²) in [6.07, 6.45) is -0.189. The van der Waals surface area contributed by atoms with Crippen molar-refractivity contribution in [3.63, 3.8) is 0 Å². The van der Waals surface area contributed by atoms with Crippen LogP contribution in [-0.4, -0.2) is 106 Å². The second-order valence-electron chi connectivity index (χ2n) is 12.1. The number of hydrogen-bond donors (Lipinski definition) is 3. The molecule has 4 atom stereocenters. The number of amides is 3. The lowest BCUT2D eigenvalue weighted by Gasteiger charge is -2.28. The highest BCUT2D eigenvalue weighted by Crippen LogP contribution is 2.17.